The molecule has 0 unspecified atom stereocenters. The summed E-state index contributed by atoms with van der Waals surface area (Å²) in [5, 5.41) is 0. The largest absolute Gasteiger partial charge is 0.298 e. The Kier molecular flexibility index (Phi) is 4.41. The van der Waals surface area contributed by atoms with Gasteiger partial charge in [0.2, 0.25) is 0 Å². The minimum atomic E-state index is 0.641. The van der Waals surface area contributed by atoms with Gasteiger partial charge in [0.1, 0.15) is 6.29 Å². The van der Waals surface area contributed by atoms with Crippen molar-refractivity contribution >= 4 is 24.0 Å². The summed E-state index contributed by atoms with van der Waals surface area (Å²) in [6, 6.07) is 5.76. The second-order valence-corrected chi connectivity index (χ2v) is 3.49. The van der Waals surface area contributed by atoms with E-state index in [4.69, 9.17) is 11.6 Å². The molecule has 0 heterocycles. The standard InChI is InChI=1S/C12H13ClO/c1-10-8-11(4-2-3-7-13)5-6-12(10)9-14/h2,4-6,8-9H,3,7H2,1H3. The molecule has 0 aliphatic rings. The Morgan fingerprint density at radius 3 is 2.79 bits per heavy atom. The highest BCUT2D eigenvalue weighted by Gasteiger charge is 1.95. The van der Waals surface area contributed by atoms with E-state index >= 15 is 0 Å². The number of hydrogen-bond donors (Lipinski definition) is 0. The summed E-state index contributed by atoms with van der Waals surface area (Å²) < 4.78 is 0. The lowest BCUT2D eigenvalue weighted by atomic mass is 10.1. The van der Waals surface area contributed by atoms with E-state index in [9.17, 15) is 4.79 Å². The summed E-state index contributed by atoms with van der Waals surface area (Å²) in [5.74, 6) is 0.641. The van der Waals surface area contributed by atoms with Crippen LogP contribution in [0.4, 0.5) is 0 Å². The number of aldehydes is 1. The molecular weight excluding hydrogens is 196 g/mol. The molecule has 0 aliphatic heterocycles. The SMILES string of the molecule is Cc1cc(C=CCCCl)ccc1C=O. The fourth-order valence-electron chi connectivity index (χ4n) is 1.22. The molecule has 1 nitrogen and oxygen atoms in total. The Bertz CT molecular complexity index is 342. The van der Waals surface area contributed by atoms with Gasteiger partial charge in [0.05, 0.1) is 0 Å². The van der Waals surface area contributed by atoms with Crippen molar-refractivity contribution in [3.8, 4) is 0 Å². The zero-order valence-corrected chi connectivity index (χ0v) is 8.92. The second kappa shape index (κ2) is 5.61. The minimum absolute atomic E-state index is 0.641. The van der Waals surface area contributed by atoms with E-state index in [0.717, 1.165) is 29.4 Å². The number of aryl methyl sites for hydroxylation is 1. The van der Waals surface area contributed by atoms with Gasteiger partial charge in [-0.3, -0.25) is 4.79 Å². The number of hydrogen-bond acceptors (Lipinski definition) is 1. The van der Waals surface area contributed by atoms with Gasteiger partial charge in [0, 0.05) is 11.4 Å². The number of halogens is 1. The summed E-state index contributed by atoms with van der Waals surface area (Å²) >= 11 is 5.55. The van der Waals surface area contributed by atoms with E-state index in [1.165, 1.54) is 0 Å². The van der Waals surface area contributed by atoms with Crippen molar-refractivity contribution in [3.63, 3.8) is 0 Å². The van der Waals surface area contributed by atoms with Gasteiger partial charge < -0.3 is 0 Å². The highest BCUT2D eigenvalue weighted by molar-refractivity contribution is 6.17. The number of carbonyl (C=O) groups is 1. The highest BCUT2D eigenvalue weighted by atomic mass is 35.5. The zero-order valence-electron chi connectivity index (χ0n) is 8.16. The molecule has 0 atom stereocenters. The maximum Gasteiger partial charge on any atom is 0.150 e. The Labute approximate surface area is 89.4 Å². The quantitative estimate of drug-likeness (QED) is 0.547. The van der Waals surface area contributed by atoms with Crippen LogP contribution < -0.4 is 0 Å². The molecule has 1 rings (SSSR count). The van der Waals surface area contributed by atoms with Crippen LogP contribution in [0.5, 0.6) is 0 Å². The van der Waals surface area contributed by atoms with Gasteiger partial charge in [0.25, 0.3) is 0 Å². The molecular formula is C12H13ClO. The van der Waals surface area contributed by atoms with E-state index in [1.54, 1.807) is 0 Å². The number of alkyl halides is 1. The lowest BCUT2D eigenvalue weighted by Crippen LogP contribution is -1.86. The third kappa shape index (κ3) is 3.00. The molecule has 0 saturated heterocycles. The number of allylic oxidation sites excluding steroid dienone is 1. The Morgan fingerprint density at radius 1 is 1.43 bits per heavy atom. The molecule has 2 heteroatoms. The molecule has 0 saturated carbocycles. The smallest absolute Gasteiger partial charge is 0.150 e. The van der Waals surface area contributed by atoms with E-state index in [1.807, 2.05) is 37.3 Å². The average Bonchev–Trinajstić information content (AvgIpc) is 2.18. The third-order valence-electron chi connectivity index (χ3n) is 2.01. The summed E-state index contributed by atoms with van der Waals surface area (Å²) in [7, 11) is 0. The molecule has 14 heavy (non-hydrogen) atoms. The van der Waals surface area contributed by atoms with Crippen molar-refractivity contribution < 1.29 is 4.79 Å². The second-order valence-electron chi connectivity index (χ2n) is 3.11. The van der Waals surface area contributed by atoms with Gasteiger partial charge in [-0.15, -0.1) is 11.6 Å². The summed E-state index contributed by atoms with van der Waals surface area (Å²) in [6.07, 6.45) is 5.80. The van der Waals surface area contributed by atoms with Crippen molar-refractivity contribution in [1.29, 1.82) is 0 Å². The van der Waals surface area contributed by atoms with Crippen LogP contribution in [0, 0.1) is 6.92 Å². The molecule has 0 spiro atoms. The van der Waals surface area contributed by atoms with Crippen LogP contribution in [0.15, 0.2) is 24.3 Å². The molecule has 0 bridgehead atoms. The fraction of sp³-hybridized carbons (Fsp3) is 0.250. The van der Waals surface area contributed by atoms with Crippen LogP contribution in [-0.2, 0) is 0 Å². The lowest BCUT2D eigenvalue weighted by molar-refractivity contribution is 0.112. The Hall–Kier alpha value is -1.08. The maximum absolute atomic E-state index is 10.6. The van der Waals surface area contributed by atoms with Crippen LogP contribution in [-0.4, -0.2) is 12.2 Å². The zero-order chi connectivity index (χ0) is 10.4. The van der Waals surface area contributed by atoms with Crippen LogP contribution in [0.2, 0.25) is 0 Å². The van der Waals surface area contributed by atoms with Crippen molar-refractivity contribution in [2.75, 3.05) is 5.88 Å². The van der Waals surface area contributed by atoms with Gasteiger partial charge in [-0.1, -0.05) is 30.4 Å². The van der Waals surface area contributed by atoms with Crippen molar-refractivity contribution in [1.82, 2.24) is 0 Å². The van der Waals surface area contributed by atoms with Crippen LogP contribution >= 0.6 is 11.6 Å². The Morgan fingerprint density at radius 2 is 2.21 bits per heavy atom. The van der Waals surface area contributed by atoms with Gasteiger partial charge in [-0.2, -0.15) is 0 Å². The molecule has 0 amide bonds. The fourth-order valence-corrected chi connectivity index (χ4v) is 1.34. The third-order valence-corrected chi connectivity index (χ3v) is 2.23. The van der Waals surface area contributed by atoms with Crippen molar-refractivity contribution in [2.45, 2.75) is 13.3 Å². The van der Waals surface area contributed by atoms with E-state index in [0.29, 0.717) is 5.88 Å². The molecule has 1 aromatic rings. The molecule has 0 aromatic heterocycles. The predicted octanol–water partition coefficient (Wildman–Crippen LogP) is 3.45. The molecule has 0 radical (unpaired) electrons. The van der Waals surface area contributed by atoms with Gasteiger partial charge >= 0.3 is 0 Å². The Balaban J connectivity index is 2.81. The van der Waals surface area contributed by atoms with Crippen LogP contribution in [0.25, 0.3) is 6.08 Å². The minimum Gasteiger partial charge on any atom is -0.298 e. The first kappa shape index (κ1) is 11.0. The van der Waals surface area contributed by atoms with E-state index in [-0.39, 0.29) is 0 Å². The number of benzene rings is 1. The van der Waals surface area contributed by atoms with Gasteiger partial charge in [-0.25, -0.2) is 0 Å². The molecule has 0 aliphatic carbocycles. The van der Waals surface area contributed by atoms with E-state index in [2.05, 4.69) is 0 Å². The highest BCUT2D eigenvalue weighted by Crippen LogP contribution is 2.10. The van der Waals surface area contributed by atoms with Crippen LogP contribution in [0.1, 0.15) is 27.9 Å². The normalized spacial score (nSPS) is 10.7. The molecule has 1 aromatic carbocycles. The average molecular weight is 209 g/mol. The first-order valence-corrected chi connectivity index (χ1v) is 5.09. The summed E-state index contributed by atoms with van der Waals surface area (Å²) in [5.41, 5.74) is 2.87. The van der Waals surface area contributed by atoms with Crippen LogP contribution in [0.3, 0.4) is 0 Å². The first-order valence-electron chi connectivity index (χ1n) is 4.56. The van der Waals surface area contributed by atoms with Crippen molar-refractivity contribution in [2.24, 2.45) is 0 Å². The van der Waals surface area contributed by atoms with E-state index < -0.39 is 0 Å². The van der Waals surface area contributed by atoms with Gasteiger partial charge in [0.15, 0.2) is 0 Å². The monoisotopic (exact) mass is 208 g/mol. The lowest BCUT2D eigenvalue weighted by Gasteiger charge is -1.99. The maximum atomic E-state index is 10.6. The summed E-state index contributed by atoms with van der Waals surface area (Å²) in [4.78, 5) is 10.6. The van der Waals surface area contributed by atoms with Crippen molar-refractivity contribution in [3.05, 3.63) is 41.0 Å². The molecule has 0 fully saturated rings. The number of carbonyl (C=O) groups excluding carboxylic acids is 1. The molecule has 74 valence electrons. The topological polar surface area (TPSA) is 17.1 Å². The first-order chi connectivity index (χ1) is 6.77. The predicted molar refractivity (Wildman–Crippen MR) is 60.9 cm³/mol. The molecule has 0 N–H and O–H groups in total. The van der Waals surface area contributed by atoms with Gasteiger partial charge in [-0.05, 0) is 24.5 Å². The number of rotatable bonds is 4. The summed E-state index contributed by atoms with van der Waals surface area (Å²) in [6.45, 7) is 1.93.